The molecular weight excluding hydrogens is 212 g/mol. The molecule has 0 radical (unpaired) electrons. The molecule has 0 aliphatic carbocycles. The SMILES string of the molecule is CC(C)(CNCC1CCCN1)S(C)(=O)=O. The lowest BCUT2D eigenvalue weighted by atomic mass is 10.2. The van der Waals surface area contributed by atoms with E-state index < -0.39 is 14.6 Å². The summed E-state index contributed by atoms with van der Waals surface area (Å²) >= 11 is 0. The third-order valence-corrected chi connectivity index (χ3v) is 5.26. The first-order valence-electron chi connectivity index (χ1n) is 5.47. The molecule has 1 saturated heterocycles. The van der Waals surface area contributed by atoms with E-state index in [4.69, 9.17) is 0 Å². The van der Waals surface area contributed by atoms with Gasteiger partial charge in [0.15, 0.2) is 9.84 Å². The minimum absolute atomic E-state index is 0.514. The van der Waals surface area contributed by atoms with Crippen molar-refractivity contribution in [2.24, 2.45) is 0 Å². The lowest BCUT2D eigenvalue weighted by Gasteiger charge is -2.23. The van der Waals surface area contributed by atoms with E-state index in [9.17, 15) is 8.42 Å². The summed E-state index contributed by atoms with van der Waals surface area (Å²) in [6.07, 6.45) is 3.70. The van der Waals surface area contributed by atoms with Crippen LogP contribution in [0.2, 0.25) is 0 Å². The van der Waals surface area contributed by atoms with Gasteiger partial charge < -0.3 is 10.6 Å². The van der Waals surface area contributed by atoms with Gasteiger partial charge in [0.25, 0.3) is 0 Å². The minimum atomic E-state index is -2.98. The third-order valence-electron chi connectivity index (χ3n) is 3.11. The molecule has 4 nitrogen and oxygen atoms in total. The number of rotatable bonds is 5. The third kappa shape index (κ3) is 3.74. The van der Waals surface area contributed by atoms with Gasteiger partial charge >= 0.3 is 0 Å². The Labute approximate surface area is 92.7 Å². The quantitative estimate of drug-likeness (QED) is 0.711. The van der Waals surface area contributed by atoms with Crippen LogP contribution in [0.4, 0.5) is 0 Å². The maximum absolute atomic E-state index is 11.4. The van der Waals surface area contributed by atoms with Crippen LogP contribution in [0, 0.1) is 0 Å². The zero-order chi connectivity index (χ0) is 11.5. The number of hydrogen-bond donors (Lipinski definition) is 2. The van der Waals surface area contributed by atoms with Gasteiger partial charge in [-0.15, -0.1) is 0 Å². The predicted octanol–water partition coefficient (Wildman–Crippen LogP) is 0.151. The van der Waals surface area contributed by atoms with Crippen molar-refractivity contribution >= 4 is 9.84 Å². The topological polar surface area (TPSA) is 58.2 Å². The molecule has 1 unspecified atom stereocenters. The van der Waals surface area contributed by atoms with E-state index in [2.05, 4.69) is 10.6 Å². The molecule has 0 aromatic rings. The summed E-state index contributed by atoms with van der Waals surface area (Å²) in [4.78, 5) is 0. The number of nitrogens with one attached hydrogen (secondary N) is 2. The van der Waals surface area contributed by atoms with E-state index in [0.717, 1.165) is 13.1 Å². The average molecular weight is 234 g/mol. The van der Waals surface area contributed by atoms with Crippen LogP contribution in [0.1, 0.15) is 26.7 Å². The standard InChI is InChI=1S/C10H22N2O2S/c1-10(2,15(3,13)14)8-11-7-9-5-4-6-12-9/h9,11-12H,4-8H2,1-3H3. The number of hydrogen-bond acceptors (Lipinski definition) is 4. The Morgan fingerprint density at radius 3 is 2.60 bits per heavy atom. The molecule has 1 aliphatic rings. The summed E-state index contributed by atoms with van der Waals surface area (Å²) in [6, 6.07) is 0.514. The van der Waals surface area contributed by atoms with Gasteiger partial charge in [0.05, 0.1) is 4.75 Å². The van der Waals surface area contributed by atoms with Crippen molar-refractivity contribution in [3.63, 3.8) is 0 Å². The smallest absolute Gasteiger partial charge is 0.153 e. The largest absolute Gasteiger partial charge is 0.314 e. The van der Waals surface area contributed by atoms with Crippen LogP contribution in [0.3, 0.4) is 0 Å². The van der Waals surface area contributed by atoms with Crippen LogP contribution in [-0.2, 0) is 9.84 Å². The second-order valence-electron chi connectivity index (χ2n) is 4.96. The Kier molecular flexibility index (Phi) is 4.14. The van der Waals surface area contributed by atoms with Crippen LogP contribution in [-0.4, -0.2) is 45.1 Å². The molecule has 0 aromatic heterocycles. The van der Waals surface area contributed by atoms with Crippen molar-refractivity contribution in [2.75, 3.05) is 25.9 Å². The first kappa shape index (κ1) is 12.9. The van der Waals surface area contributed by atoms with Crippen LogP contribution in [0.25, 0.3) is 0 Å². The molecule has 2 N–H and O–H groups in total. The molecule has 1 aliphatic heterocycles. The van der Waals surface area contributed by atoms with Crippen LogP contribution < -0.4 is 10.6 Å². The highest BCUT2D eigenvalue weighted by Gasteiger charge is 2.29. The van der Waals surface area contributed by atoms with Crippen molar-refractivity contribution in [2.45, 2.75) is 37.5 Å². The van der Waals surface area contributed by atoms with Gasteiger partial charge in [0, 0.05) is 25.4 Å². The summed E-state index contributed by atoms with van der Waals surface area (Å²) in [6.45, 7) is 5.99. The van der Waals surface area contributed by atoms with E-state index in [1.807, 2.05) is 0 Å². The van der Waals surface area contributed by atoms with Crippen LogP contribution in [0.15, 0.2) is 0 Å². The monoisotopic (exact) mass is 234 g/mol. The molecule has 1 rings (SSSR count). The lowest BCUT2D eigenvalue weighted by molar-refractivity contribution is 0.486. The van der Waals surface area contributed by atoms with Gasteiger partial charge in [-0.1, -0.05) is 0 Å². The second kappa shape index (κ2) is 4.80. The molecule has 0 aromatic carbocycles. The summed E-state index contributed by atoms with van der Waals surface area (Å²) in [5.41, 5.74) is 0. The molecule has 5 heteroatoms. The molecular formula is C10H22N2O2S. The molecule has 1 atom stereocenters. The lowest BCUT2D eigenvalue weighted by Crippen LogP contribution is -2.45. The van der Waals surface area contributed by atoms with Crippen molar-refractivity contribution in [1.29, 1.82) is 0 Å². The fourth-order valence-corrected chi connectivity index (χ4v) is 1.97. The Morgan fingerprint density at radius 2 is 2.13 bits per heavy atom. The summed E-state index contributed by atoms with van der Waals surface area (Å²) in [5.74, 6) is 0. The fourth-order valence-electron chi connectivity index (χ4n) is 1.61. The molecule has 1 fully saturated rings. The Hall–Kier alpha value is -0.130. The predicted molar refractivity (Wildman–Crippen MR) is 62.8 cm³/mol. The molecule has 0 saturated carbocycles. The van der Waals surface area contributed by atoms with Crippen molar-refractivity contribution in [3.05, 3.63) is 0 Å². The Bertz CT molecular complexity index is 293. The molecule has 15 heavy (non-hydrogen) atoms. The van der Waals surface area contributed by atoms with Crippen LogP contribution >= 0.6 is 0 Å². The first-order chi connectivity index (χ1) is 6.83. The highest BCUT2D eigenvalue weighted by molar-refractivity contribution is 7.92. The van der Waals surface area contributed by atoms with Crippen molar-refractivity contribution < 1.29 is 8.42 Å². The van der Waals surface area contributed by atoms with E-state index in [1.165, 1.54) is 19.1 Å². The Balaban J connectivity index is 2.30. The number of sulfone groups is 1. The normalized spacial score (nSPS) is 23.3. The summed E-state index contributed by atoms with van der Waals surface area (Å²) in [5, 5.41) is 6.60. The van der Waals surface area contributed by atoms with Gasteiger partial charge in [-0.3, -0.25) is 0 Å². The molecule has 0 spiro atoms. The maximum Gasteiger partial charge on any atom is 0.153 e. The van der Waals surface area contributed by atoms with E-state index >= 15 is 0 Å². The zero-order valence-electron chi connectivity index (χ0n) is 9.84. The van der Waals surface area contributed by atoms with Gasteiger partial charge in [0.2, 0.25) is 0 Å². The highest BCUT2D eigenvalue weighted by Crippen LogP contribution is 2.13. The zero-order valence-corrected chi connectivity index (χ0v) is 10.7. The van der Waals surface area contributed by atoms with Gasteiger partial charge in [-0.25, -0.2) is 8.42 Å². The van der Waals surface area contributed by atoms with Gasteiger partial charge in [-0.2, -0.15) is 0 Å². The molecule has 0 bridgehead atoms. The summed E-state index contributed by atoms with van der Waals surface area (Å²) < 4.78 is 22.2. The molecule has 1 heterocycles. The molecule has 90 valence electrons. The van der Waals surface area contributed by atoms with E-state index in [1.54, 1.807) is 13.8 Å². The van der Waals surface area contributed by atoms with Crippen molar-refractivity contribution in [3.8, 4) is 0 Å². The fraction of sp³-hybridized carbons (Fsp3) is 1.00. The minimum Gasteiger partial charge on any atom is -0.314 e. The Morgan fingerprint density at radius 1 is 1.47 bits per heavy atom. The van der Waals surface area contributed by atoms with E-state index in [0.29, 0.717) is 12.6 Å². The second-order valence-corrected chi connectivity index (χ2v) is 7.61. The van der Waals surface area contributed by atoms with E-state index in [-0.39, 0.29) is 0 Å². The highest BCUT2D eigenvalue weighted by atomic mass is 32.2. The summed E-state index contributed by atoms with van der Waals surface area (Å²) in [7, 11) is -2.98. The molecule has 0 amide bonds. The maximum atomic E-state index is 11.4. The van der Waals surface area contributed by atoms with Crippen molar-refractivity contribution in [1.82, 2.24) is 10.6 Å². The van der Waals surface area contributed by atoms with Crippen LogP contribution in [0.5, 0.6) is 0 Å². The average Bonchev–Trinajstić information content (AvgIpc) is 2.54. The van der Waals surface area contributed by atoms with Gasteiger partial charge in [-0.05, 0) is 33.2 Å². The van der Waals surface area contributed by atoms with Gasteiger partial charge in [0.1, 0.15) is 0 Å². The first-order valence-corrected chi connectivity index (χ1v) is 7.36.